The summed E-state index contributed by atoms with van der Waals surface area (Å²) < 4.78 is 26.5. The molecule has 0 unspecified atom stereocenters. The quantitative estimate of drug-likeness (QED) is 0.427. The van der Waals surface area contributed by atoms with Gasteiger partial charge in [0.15, 0.2) is 15.0 Å². The Morgan fingerprint density at radius 2 is 1.55 bits per heavy atom. The van der Waals surface area contributed by atoms with Crippen LogP contribution in [0.15, 0.2) is 46.7 Å². The number of nitrogens with zero attached hydrogens (tertiary/aromatic N) is 2. The second-order valence-corrected chi connectivity index (χ2v) is 13.4. The van der Waals surface area contributed by atoms with E-state index in [-0.39, 0.29) is 10.7 Å². The Morgan fingerprint density at radius 3 is 2.09 bits per heavy atom. The van der Waals surface area contributed by atoms with Crippen molar-refractivity contribution in [3.05, 3.63) is 64.0 Å². The van der Waals surface area contributed by atoms with Crippen molar-refractivity contribution in [2.24, 2.45) is 0 Å². The van der Waals surface area contributed by atoms with Crippen LogP contribution in [-0.4, -0.2) is 31.7 Å². The molecule has 0 aliphatic carbocycles. The van der Waals surface area contributed by atoms with Crippen molar-refractivity contribution >= 4 is 26.3 Å². The molecule has 6 heteroatoms. The minimum absolute atomic E-state index is 0.00977. The van der Waals surface area contributed by atoms with Crippen LogP contribution in [0.4, 0.5) is 5.13 Å². The van der Waals surface area contributed by atoms with Crippen molar-refractivity contribution in [1.29, 1.82) is 0 Å². The Kier molecular flexibility index (Phi) is 6.45. The first-order valence-corrected chi connectivity index (χ1v) is 14.0. The van der Waals surface area contributed by atoms with E-state index in [1.54, 1.807) is 23.5 Å². The van der Waals surface area contributed by atoms with Crippen LogP contribution in [0, 0.1) is 20.8 Å². The van der Waals surface area contributed by atoms with Gasteiger partial charge in [-0.05, 0) is 67.9 Å². The molecule has 3 aromatic rings. The summed E-state index contributed by atoms with van der Waals surface area (Å²) in [7, 11) is -3.33. The van der Waals surface area contributed by atoms with Crippen molar-refractivity contribution in [2.45, 2.75) is 69.9 Å². The van der Waals surface area contributed by atoms with E-state index in [2.05, 4.69) is 64.0 Å². The Labute approximate surface area is 202 Å². The van der Waals surface area contributed by atoms with Crippen molar-refractivity contribution in [1.82, 2.24) is 4.98 Å². The summed E-state index contributed by atoms with van der Waals surface area (Å²) in [4.78, 5) is 7.61. The normalized spacial score (nSPS) is 15.8. The highest BCUT2D eigenvalue weighted by Crippen LogP contribution is 2.35. The van der Waals surface area contributed by atoms with E-state index >= 15 is 0 Å². The number of aryl methyl sites for hydroxylation is 3. The predicted molar refractivity (Wildman–Crippen MR) is 139 cm³/mol. The molecule has 1 saturated heterocycles. The summed E-state index contributed by atoms with van der Waals surface area (Å²) in [5.74, 6) is 0. The van der Waals surface area contributed by atoms with E-state index in [0.717, 1.165) is 16.4 Å². The fourth-order valence-corrected chi connectivity index (χ4v) is 7.40. The molecule has 0 amide bonds. The van der Waals surface area contributed by atoms with Crippen molar-refractivity contribution < 1.29 is 8.42 Å². The fourth-order valence-electron chi connectivity index (χ4n) is 4.80. The lowest BCUT2D eigenvalue weighted by Gasteiger charge is -2.31. The Hall–Kier alpha value is -2.18. The number of rotatable bonds is 4. The molecule has 1 fully saturated rings. The van der Waals surface area contributed by atoms with Crippen molar-refractivity contribution in [3.8, 4) is 11.3 Å². The third-order valence-electron chi connectivity index (χ3n) is 6.63. The number of anilines is 1. The van der Waals surface area contributed by atoms with Crippen LogP contribution in [0.3, 0.4) is 0 Å². The van der Waals surface area contributed by atoms with Gasteiger partial charge in [-0.15, -0.1) is 11.3 Å². The monoisotopic (exact) mass is 482 g/mol. The van der Waals surface area contributed by atoms with Crippen LogP contribution in [-0.2, 0) is 15.3 Å². The van der Waals surface area contributed by atoms with Crippen LogP contribution >= 0.6 is 11.3 Å². The third-order valence-corrected chi connectivity index (χ3v) is 9.81. The second-order valence-electron chi connectivity index (χ2n) is 10.3. The van der Waals surface area contributed by atoms with Gasteiger partial charge in [-0.1, -0.05) is 50.6 Å². The number of aromatic nitrogens is 1. The summed E-state index contributed by atoms with van der Waals surface area (Å²) >= 11 is 1.65. The number of thiazole rings is 1. The number of sulfone groups is 1. The lowest BCUT2D eigenvalue weighted by Crippen LogP contribution is -2.39. The lowest BCUT2D eigenvalue weighted by atomic mass is 9.87. The third kappa shape index (κ3) is 4.87. The molecule has 1 aliphatic rings. The first-order chi connectivity index (χ1) is 15.5. The zero-order chi connectivity index (χ0) is 24.0. The molecule has 2 aromatic carbocycles. The van der Waals surface area contributed by atoms with E-state index in [4.69, 9.17) is 4.98 Å². The summed E-state index contributed by atoms with van der Waals surface area (Å²) in [5.41, 5.74) is 7.13. The molecule has 176 valence electrons. The van der Waals surface area contributed by atoms with Crippen LogP contribution in [0.2, 0.25) is 0 Å². The van der Waals surface area contributed by atoms with Crippen LogP contribution < -0.4 is 4.90 Å². The molecule has 1 aromatic heterocycles. The average molecular weight is 483 g/mol. The summed E-state index contributed by atoms with van der Waals surface area (Å²) in [6.07, 6.45) is 1.25. The zero-order valence-corrected chi connectivity index (χ0v) is 22.1. The molecule has 33 heavy (non-hydrogen) atoms. The average Bonchev–Trinajstić information content (AvgIpc) is 3.22. The van der Waals surface area contributed by atoms with E-state index in [1.807, 2.05) is 12.1 Å². The molecule has 2 heterocycles. The van der Waals surface area contributed by atoms with E-state index in [1.165, 1.54) is 22.3 Å². The van der Waals surface area contributed by atoms with Gasteiger partial charge in [-0.25, -0.2) is 13.4 Å². The highest BCUT2D eigenvalue weighted by molar-refractivity contribution is 7.92. The standard InChI is InChI=1S/C27H34N2O2S2/c1-18-15-19(2)25(20(3)16-18)24-17-32-26(28-24)29-13-11-23(12-14-29)33(30,31)22-9-7-21(8-10-22)27(4,5)6/h7-10,15-17,23H,11-14H2,1-6H3. The molecule has 0 bridgehead atoms. The molecule has 0 spiro atoms. The van der Waals surface area contributed by atoms with Crippen LogP contribution in [0.5, 0.6) is 0 Å². The molecular formula is C27H34N2O2S2. The molecule has 0 atom stereocenters. The highest BCUT2D eigenvalue weighted by atomic mass is 32.2. The maximum atomic E-state index is 13.3. The van der Waals surface area contributed by atoms with Crippen molar-refractivity contribution in [2.75, 3.05) is 18.0 Å². The Bertz CT molecular complexity index is 1220. The molecule has 0 radical (unpaired) electrons. The van der Waals surface area contributed by atoms with Crippen LogP contribution in [0.1, 0.15) is 55.9 Å². The van der Waals surface area contributed by atoms with Gasteiger partial charge in [0.05, 0.1) is 15.8 Å². The van der Waals surface area contributed by atoms with Gasteiger partial charge >= 0.3 is 0 Å². The number of hydrogen-bond acceptors (Lipinski definition) is 5. The minimum atomic E-state index is -3.33. The highest BCUT2D eigenvalue weighted by Gasteiger charge is 2.32. The van der Waals surface area contributed by atoms with Crippen LogP contribution in [0.25, 0.3) is 11.3 Å². The maximum absolute atomic E-state index is 13.3. The number of benzene rings is 2. The van der Waals surface area contributed by atoms with E-state index in [9.17, 15) is 8.42 Å². The smallest absolute Gasteiger partial charge is 0.185 e. The molecule has 0 saturated carbocycles. The molecule has 1 aliphatic heterocycles. The molecule has 0 N–H and O–H groups in total. The minimum Gasteiger partial charge on any atom is -0.348 e. The van der Waals surface area contributed by atoms with Gasteiger partial charge in [0, 0.05) is 24.0 Å². The maximum Gasteiger partial charge on any atom is 0.185 e. The van der Waals surface area contributed by atoms with Crippen molar-refractivity contribution in [3.63, 3.8) is 0 Å². The fraction of sp³-hybridized carbons (Fsp3) is 0.444. The van der Waals surface area contributed by atoms with E-state index in [0.29, 0.717) is 30.8 Å². The lowest BCUT2D eigenvalue weighted by molar-refractivity contribution is 0.529. The second kappa shape index (κ2) is 8.88. The number of piperidine rings is 1. The summed E-state index contributed by atoms with van der Waals surface area (Å²) in [6, 6.07) is 11.9. The zero-order valence-electron chi connectivity index (χ0n) is 20.5. The molecular weight excluding hydrogens is 448 g/mol. The Balaban J connectivity index is 1.46. The Morgan fingerprint density at radius 1 is 0.970 bits per heavy atom. The van der Waals surface area contributed by atoms with Gasteiger partial charge < -0.3 is 4.90 Å². The van der Waals surface area contributed by atoms with Gasteiger partial charge in [-0.3, -0.25) is 0 Å². The number of hydrogen-bond donors (Lipinski definition) is 0. The topological polar surface area (TPSA) is 50.3 Å². The van der Waals surface area contributed by atoms with Gasteiger partial charge in [-0.2, -0.15) is 0 Å². The summed E-state index contributed by atoms with van der Waals surface area (Å²) in [6.45, 7) is 14.2. The largest absolute Gasteiger partial charge is 0.348 e. The molecule has 4 rings (SSSR count). The first-order valence-electron chi connectivity index (χ1n) is 11.6. The van der Waals surface area contributed by atoms with E-state index < -0.39 is 9.84 Å². The van der Waals surface area contributed by atoms with Gasteiger partial charge in [0.25, 0.3) is 0 Å². The summed E-state index contributed by atoms with van der Waals surface area (Å²) in [5, 5.41) is 2.77. The SMILES string of the molecule is Cc1cc(C)c(-c2csc(N3CCC(S(=O)(=O)c4ccc(C(C)(C)C)cc4)CC3)n2)c(C)c1. The first kappa shape index (κ1) is 24.0. The molecule has 4 nitrogen and oxygen atoms in total. The van der Waals surface area contributed by atoms with Gasteiger partial charge in [0.1, 0.15) is 0 Å². The predicted octanol–water partition coefficient (Wildman–Crippen LogP) is 6.48. The van der Waals surface area contributed by atoms with Gasteiger partial charge in [0.2, 0.25) is 0 Å².